The second-order valence-electron chi connectivity index (χ2n) is 8.68. The highest BCUT2D eigenvalue weighted by atomic mass is 35.5. The molecule has 3 aromatic carbocycles. The summed E-state index contributed by atoms with van der Waals surface area (Å²) in [6.07, 6.45) is 4.91. The van der Waals surface area contributed by atoms with E-state index in [1.807, 2.05) is 36.4 Å². The molecule has 5 nitrogen and oxygen atoms in total. The third-order valence-electron chi connectivity index (χ3n) is 5.88. The van der Waals surface area contributed by atoms with Gasteiger partial charge < -0.3 is 19.5 Å². The molecule has 0 bridgehead atoms. The first-order valence-electron chi connectivity index (χ1n) is 12.0. The number of rotatable bonds is 11. The maximum Gasteiger partial charge on any atom is 0.341 e. The highest BCUT2D eigenvalue weighted by Gasteiger charge is 2.11. The summed E-state index contributed by atoms with van der Waals surface area (Å²) in [5, 5.41) is 9.88. The van der Waals surface area contributed by atoms with Gasteiger partial charge in [-0.2, -0.15) is 0 Å². The first-order chi connectivity index (χ1) is 17.5. The monoisotopic (exact) mass is 545 g/mol. The number of hydrogen-bond acceptors (Lipinski definition) is 5. The topological polar surface area (TPSA) is 59.0 Å². The summed E-state index contributed by atoms with van der Waals surface area (Å²) in [6, 6.07) is 19.3. The predicted octanol–water partition coefficient (Wildman–Crippen LogP) is 7.53. The maximum atomic E-state index is 10.8. The molecule has 3 aromatic rings. The zero-order valence-corrected chi connectivity index (χ0v) is 22.2. The number of benzene rings is 3. The van der Waals surface area contributed by atoms with Gasteiger partial charge in [0.1, 0.15) is 11.5 Å². The molecule has 0 amide bonds. The summed E-state index contributed by atoms with van der Waals surface area (Å²) < 4.78 is 11.4. The number of likely N-dealkylation sites (tertiary alicyclic amines) is 1. The zero-order valence-electron chi connectivity index (χ0n) is 19.9. The fourth-order valence-corrected chi connectivity index (χ4v) is 5.49. The van der Waals surface area contributed by atoms with Crippen molar-refractivity contribution in [2.45, 2.75) is 35.5 Å². The molecule has 190 valence electrons. The molecule has 0 radical (unpaired) electrons. The molecule has 4 rings (SSSR count). The molecule has 8 heteroatoms. The number of aliphatic carboxylic acids is 1. The lowest BCUT2D eigenvalue weighted by atomic mass is 10.1. The zero-order chi connectivity index (χ0) is 25.3. The van der Waals surface area contributed by atoms with Gasteiger partial charge in [0.05, 0.1) is 11.6 Å². The summed E-state index contributed by atoms with van der Waals surface area (Å²) >= 11 is 14.0. The largest absolute Gasteiger partial charge is 0.493 e. The Hall–Kier alpha value is -2.38. The van der Waals surface area contributed by atoms with Crippen LogP contribution in [0.5, 0.6) is 11.5 Å². The second-order valence-corrected chi connectivity index (χ2v) is 10.7. The van der Waals surface area contributed by atoms with E-state index in [2.05, 4.69) is 17.0 Å². The van der Waals surface area contributed by atoms with Crippen LogP contribution < -0.4 is 9.47 Å². The minimum absolute atomic E-state index is 0.344. The van der Waals surface area contributed by atoms with Gasteiger partial charge in [-0.25, -0.2) is 4.79 Å². The maximum absolute atomic E-state index is 10.8. The molecular weight excluding hydrogens is 517 g/mol. The van der Waals surface area contributed by atoms with Crippen LogP contribution in [-0.2, 0) is 4.79 Å². The van der Waals surface area contributed by atoms with Crippen LogP contribution in [0.3, 0.4) is 0 Å². The Morgan fingerprint density at radius 1 is 0.889 bits per heavy atom. The third kappa shape index (κ3) is 8.07. The Labute approximate surface area is 226 Å². The fraction of sp³-hybridized carbons (Fsp3) is 0.321. The molecule has 1 saturated heterocycles. The minimum Gasteiger partial charge on any atom is -0.493 e. The normalized spacial score (nSPS) is 13.9. The Morgan fingerprint density at radius 3 is 2.39 bits per heavy atom. The summed E-state index contributed by atoms with van der Waals surface area (Å²) in [7, 11) is 0. The van der Waals surface area contributed by atoms with Gasteiger partial charge in [-0.3, -0.25) is 0 Å². The van der Waals surface area contributed by atoms with Crippen molar-refractivity contribution in [2.75, 3.05) is 32.8 Å². The Kier molecular flexibility index (Phi) is 9.82. The Bertz CT molecular complexity index is 1170. The van der Waals surface area contributed by atoms with Crippen molar-refractivity contribution in [3.63, 3.8) is 0 Å². The summed E-state index contributed by atoms with van der Waals surface area (Å²) in [6.45, 7) is 3.66. The highest BCUT2D eigenvalue weighted by Crippen LogP contribution is 2.37. The smallest absolute Gasteiger partial charge is 0.341 e. The average Bonchev–Trinajstić information content (AvgIpc) is 2.87. The SMILES string of the molecule is O=C(O)COc1ccc(Sc2cc(OCCCN3CCCCC3)cc(-c3ccc(Cl)cc3)c2)cc1Cl. The number of nitrogens with zero attached hydrogens (tertiary/aromatic N) is 1. The summed E-state index contributed by atoms with van der Waals surface area (Å²) in [4.78, 5) is 15.2. The van der Waals surface area contributed by atoms with Gasteiger partial charge in [-0.05, 0) is 92.0 Å². The lowest BCUT2D eigenvalue weighted by molar-refractivity contribution is -0.139. The van der Waals surface area contributed by atoms with Crippen LogP contribution >= 0.6 is 35.0 Å². The number of carboxylic acid groups (broad SMARTS) is 1. The van der Waals surface area contributed by atoms with E-state index in [4.69, 9.17) is 37.8 Å². The molecule has 1 N–H and O–H groups in total. The van der Waals surface area contributed by atoms with Crippen LogP contribution in [0.25, 0.3) is 11.1 Å². The van der Waals surface area contributed by atoms with Crippen LogP contribution in [0.2, 0.25) is 10.0 Å². The molecule has 1 fully saturated rings. The van der Waals surface area contributed by atoms with E-state index in [1.54, 1.807) is 23.9 Å². The number of piperidine rings is 1. The van der Waals surface area contributed by atoms with E-state index in [0.29, 0.717) is 22.4 Å². The lowest BCUT2D eigenvalue weighted by Crippen LogP contribution is -2.31. The van der Waals surface area contributed by atoms with Crippen LogP contribution in [-0.4, -0.2) is 48.8 Å². The number of carboxylic acids is 1. The van der Waals surface area contributed by atoms with Crippen LogP contribution in [0.4, 0.5) is 0 Å². The van der Waals surface area contributed by atoms with E-state index in [1.165, 1.54) is 32.4 Å². The Morgan fingerprint density at radius 2 is 1.67 bits per heavy atom. The molecule has 0 saturated carbocycles. The van der Waals surface area contributed by atoms with Gasteiger partial charge in [0.25, 0.3) is 0 Å². The molecule has 36 heavy (non-hydrogen) atoms. The number of hydrogen-bond donors (Lipinski definition) is 1. The molecule has 0 atom stereocenters. The predicted molar refractivity (Wildman–Crippen MR) is 146 cm³/mol. The molecular formula is C28H29Cl2NO4S. The van der Waals surface area contributed by atoms with Crippen molar-refractivity contribution in [3.8, 4) is 22.6 Å². The van der Waals surface area contributed by atoms with Crippen molar-refractivity contribution in [1.29, 1.82) is 0 Å². The van der Waals surface area contributed by atoms with Gasteiger partial charge in [-0.15, -0.1) is 0 Å². The number of carbonyl (C=O) groups is 1. The van der Waals surface area contributed by atoms with E-state index < -0.39 is 12.6 Å². The van der Waals surface area contributed by atoms with Crippen molar-refractivity contribution in [2.24, 2.45) is 0 Å². The van der Waals surface area contributed by atoms with Crippen molar-refractivity contribution < 1.29 is 19.4 Å². The van der Waals surface area contributed by atoms with Gasteiger partial charge in [0.15, 0.2) is 6.61 Å². The third-order valence-corrected chi connectivity index (χ3v) is 7.39. The Balaban J connectivity index is 1.48. The molecule has 1 aliphatic heterocycles. The van der Waals surface area contributed by atoms with Gasteiger partial charge in [-0.1, -0.05) is 53.5 Å². The molecule has 0 aromatic heterocycles. The molecule has 1 heterocycles. The fourth-order valence-electron chi connectivity index (χ4n) is 4.12. The van der Waals surface area contributed by atoms with E-state index >= 15 is 0 Å². The molecule has 0 aliphatic carbocycles. The van der Waals surface area contributed by atoms with E-state index in [9.17, 15) is 4.79 Å². The standard InChI is InChI=1S/C28H29Cl2NO4S/c29-22-7-5-20(6-8-22)21-15-23(34-14-4-13-31-11-2-1-3-12-31)17-25(16-21)36-24-9-10-27(26(30)18-24)35-19-28(32)33/h5-10,15-18H,1-4,11-14,19H2,(H,32,33). The quantitative estimate of drug-likeness (QED) is 0.251. The van der Waals surface area contributed by atoms with Crippen LogP contribution in [0.1, 0.15) is 25.7 Å². The highest BCUT2D eigenvalue weighted by molar-refractivity contribution is 7.99. The van der Waals surface area contributed by atoms with Gasteiger partial charge >= 0.3 is 5.97 Å². The molecule has 1 aliphatic rings. The van der Waals surface area contributed by atoms with Crippen molar-refractivity contribution in [3.05, 3.63) is 70.7 Å². The van der Waals surface area contributed by atoms with Gasteiger partial charge in [0, 0.05) is 21.4 Å². The summed E-state index contributed by atoms with van der Waals surface area (Å²) in [5.41, 5.74) is 2.09. The molecule has 0 unspecified atom stereocenters. The second kappa shape index (κ2) is 13.2. The van der Waals surface area contributed by atoms with Gasteiger partial charge in [0.2, 0.25) is 0 Å². The first-order valence-corrected chi connectivity index (χ1v) is 13.6. The molecule has 0 spiro atoms. The summed E-state index contributed by atoms with van der Waals surface area (Å²) in [5.74, 6) is 0.110. The van der Waals surface area contributed by atoms with Crippen LogP contribution in [0.15, 0.2) is 70.5 Å². The average molecular weight is 547 g/mol. The van der Waals surface area contributed by atoms with Crippen molar-refractivity contribution in [1.82, 2.24) is 4.90 Å². The van der Waals surface area contributed by atoms with E-state index in [0.717, 1.165) is 39.6 Å². The van der Waals surface area contributed by atoms with Crippen LogP contribution in [0, 0.1) is 0 Å². The minimum atomic E-state index is -1.05. The van der Waals surface area contributed by atoms with Crippen molar-refractivity contribution >= 4 is 40.9 Å². The van der Waals surface area contributed by atoms with E-state index in [-0.39, 0.29) is 0 Å². The first kappa shape index (κ1) is 26.7. The lowest BCUT2D eigenvalue weighted by Gasteiger charge is -2.26. The number of halogens is 2. The number of ether oxygens (including phenoxy) is 2.